The summed E-state index contributed by atoms with van der Waals surface area (Å²) in [5, 5.41) is 8.13. The van der Waals surface area contributed by atoms with Gasteiger partial charge in [-0.3, -0.25) is 14.5 Å². The first kappa shape index (κ1) is 27.0. The van der Waals surface area contributed by atoms with Crippen LogP contribution in [0.2, 0.25) is 5.02 Å². The highest BCUT2D eigenvalue weighted by atomic mass is 35.5. The van der Waals surface area contributed by atoms with E-state index in [4.69, 9.17) is 16.7 Å². The molecule has 6 nitrogen and oxygen atoms in total. The first-order chi connectivity index (χ1) is 18.8. The lowest BCUT2D eigenvalue weighted by atomic mass is 9.99. The van der Waals surface area contributed by atoms with Crippen molar-refractivity contribution in [1.82, 2.24) is 15.1 Å². The molecule has 1 aliphatic rings. The van der Waals surface area contributed by atoms with Crippen molar-refractivity contribution in [2.75, 3.05) is 23.7 Å². The largest absolute Gasteiger partial charge is 0.354 e. The number of nitrogens with zero attached hydrogens (tertiary/aromatic N) is 3. The Morgan fingerprint density at radius 1 is 1.10 bits per heavy atom. The van der Waals surface area contributed by atoms with E-state index >= 15 is 0 Å². The Labute approximate surface area is 236 Å². The van der Waals surface area contributed by atoms with Crippen molar-refractivity contribution in [1.29, 1.82) is 0 Å². The molecule has 2 heterocycles. The summed E-state index contributed by atoms with van der Waals surface area (Å²) in [6.45, 7) is 4.37. The summed E-state index contributed by atoms with van der Waals surface area (Å²) >= 11 is 7.81. The molecule has 0 radical (unpaired) electrons. The molecule has 3 aromatic carbocycles. The summed E-state index contributed by atoms with van der Waals surface area (Å²) in [5.74, 6) is 0.0964. The number of carbonyl (C=O) groups is 2. The zero-order chi connectivity index (χ0) is 27.5. The predicted octanol–water partition coefficient (Wildman–Crippen LogP) is 6.27. The smallest absolute Gasteiger partial charge is 0.240 e. The van der Waals surface area contributed by atoms with Gasteiger partial charge in [-0.15, -0.1) is 11.8 Å². The molecule has 1 aromatic heterocycles. The minimum absolute atomic E-state index is 0.137. The minimum atomic E-state index is -0.338. The van der Waals surface area contributed by atoms with Gasteiger partial charge in [0.25, 0.3) is 0 Å². The fourth-order valence-electron chi connectivity index (χ4n) is 4.53. The van der Waals surface area contributed by atoms with Gasteiger partial charge < -0.3 is 5.32 Å². The minimum Gasteiger partial charge on any atom is -0.354 e. The highest BCUT2D eigenvalue weighted by Gasteiger charge is 2.37. The van der Waals surface area contributed by atoms with Crippen LogP contribution in [-0.4, -0.2) is 40.4 Å². The standard InChI is InChI=1S/C30H28ClFN4O2S/c1-19(2)16-33-25(37)17-35-26(38)18-39-29(21-11-13-23(32)14-12-21)27-28(20-7-4-3-5-8-20)34-36(30(27)35)24-10-6-9-22(31)15-24/h3-15,19,29H,16-18H2,1-2H3,(H,33,37). The fourth-order valence-corrected chi connectivity index (χ4v) is 5.92. The Morgan fingerprint density at radius 3 is 2.54 bits per heavy atom. The molecular weight excluding hydrogens is 535 g/mol. The lowest BCUT2D eigenvalue weighted by molar-refractivity contribution is -0.123. The normalized spacial score (nSPS) is 15.3. The lowest BCUT2D eigenvalue weighted by Crippen LogP contribution is -2.43. The Hall–Kier alpha value is -3.62. The molecule has 0 saturated carbocycles. The van der Waals surface area contributed by atoms with Gasteiger partial charge >= 0.3 is 0 Å². The molecule has 1 unspecified atom stereocenters. The van der Waals surface area contributed by atoms with E-state index in [-0.39, 0.29) is 41.1 Å². The number of halogens is 2. The maximum absolute atomic E-state index is 13.9. The van der Waals surface area contributed by atoms with Crippen LogP contribution in [0.1, 0.15) is 30.2 Å². The quantitative estimate of drug-likeness (QED) is 0.288. The van der Waals surface area contributed by atoms with Crippen LogP contribution in [0, 0.1) is 11.7 Å². The number of amides is 2. The number of benzene rings is 3. The van der Waals surface area contributed by atoms with Gasteiger partial charge in [0.15, 0.2) is 0 Å². The Morgan fingerprint density at radius 2 is 1.85 bits per heavy atom. The number of thioether (sulfide) groups is 1. The highest BCUT2D eigenvalue weighted by molar-refractivity contribution is 8.00. The molecule has 5 rings (SSSR count). The van der Waals surface area contributed by atoms with E-state index in [9.17, 15) is 14.0 Å². The van der Waals surface area contributed by atoms with Gasteiger partial charge in [0.05, 0.1) is 22.4 Å². The van der Waals surface area contributed by atoms with Crippen LogP contribution in [0.4, 0.5) is 10.2 Å². The summed E-state index contributed by atoms with van der Waals surface area (Å²) in [7, 11) is 0. The molecule has 9 heteroatoms. The number of rotatable bonds is 7. The van der Waals surface area contributed by atoms with Crippen molar-refractivity contribution in [3.63, 3.8) is 0 Å². The maximum Gasteiger partial charge on any atom is 0.240 e. The van der Waals surface area contributed by atoms with E-state index in [1.54, 1.807) is 28.9 Å². The summed E-state index contributed by atoms with van der Waals surface area (Å²) < 4.78 is 15.6. The molecule has 1 aliphatic heterocycles. The van der Waals surface area contributed by atoms with Gasteiger partial charge in [-0.1, -0.05) is 74.0 Å². The third-order valence-corrected chi connectivity index (χ3v) is 7.86. The van der Waals surface area contributed by atoms with Crippen LogP contribution < -0.4 is 10.2 Å². The Bertz CT molecular complexity index is 1490. The van der Waals surface area contributed by atoms with E-state index in [0.29, 0.717) is 28.8 Å². The zero-order valence-corrected chi connectivity index (χ0v) is 23.2. The number of hydrogen-bond donors (Lipinski definition) is 1. The molecule has 39 heavy (non-hydrogen) atoms. The third-order valence-electron chi connectivity index (χ3n) is 6.37. The van der Waals surface area contributed by atoms with Crippen molar-refractivity contribution in [3.8, 4) is 16.9 Å². The van der Waals surface area contributed by atoms with Gasteiger partial charge in [0.2, 0.25) is 11.8 Å². The zero-order valence-electron chi connectivity index (χ0n) is 21.6. The molecule has 0 fully saturated rings. The van der Waals surface area contributed by atoms with Gasteiger partial charge in [0, 0.05) is 22.7 Å². The van der Waals surface area contributed by atoms with Crippen molar-refractivity contribution < 1.29 is 14.0 Å². The van der Waals surface area contributed by atoms with E-state index < -0.39 is 0 Å². The van der Waals surface area contributed by atoms with Crippen LogP contribution in [0.25, 0.3) is 16.9 Å². The molecule has 0 spiro atoms. The van der Waals surface area contributed by atoms with E-state index in [0.717, 1.165) is 16.7 Å². The second-order valence-electron chi connectivity index (χ2n) is 9.76. The average Bonchev–Trinajstić information content (AvgIpc) is 3.26. The van der Waals surface area contributed by atoms with Gasteiger partial charge in [-0.2, -0.15) is 5.10 Å². The highest BCUT2D eigenvalue weighted by Crippen LogP contribution is 2.48. The monoisotopic (exact) mass is 562 g/mol. The maximum atomic E-state index is 13.9. The van der Waals surface area contributed by atoms with E-state index in [2.05, 4.69) is 5.32 Å². The molecule has 0 aliphatic carbocycles. The summed E-state index contributed by atoms with van der Waals surface area (Å²) in [4.78, 5) is 28.2. The van der Waals surface area contributed by atoms with Crippen molar-refractivity contribution in [2.24, 2.45) is 5.92 Å². The van der Waals surface area contributed by atoms with Crippen molar-refractivity contribution in [3.05, 3.63) is 101 Å². The Balaban J connectivity index is 1.76. The second kappa shape index (κ2) is 11.6. The van der Waals surface area contributed by atoms with Gasteiger partial charge in [0.1, 0.15) is 18.2 Å². The van der Waals surface area contributed by atoms with Gasteiger partial charge in [-0.05, 0) is 41.8 Å². The molecule has 0 saturated heterocycles. The van der Waals surface area contributed by atoms with Crippen LogP contribution in [0.3, 0.4) is 0 Å². The molecule has 200 valence electrons. The molecule has 4 aromatic rings. The number of nitrogens with one attached hydrogen (secondary N) is 1. The number of aromatic nitrogens is 2. The fraction of sp³-hybridized carbons (Fsp3) is 0.233. The first-order valence-electron chi connectivity index (χ1n) is 12.7. The molecule has 1 N–H and O–H groups in total. The number of anilines is 1. The first-order valence-corrected chi connectivity index (χ1v) is 14.1. The van der Waals surface area contributed by atoms with Gasteiger partial charge in [-0.25, -0.2) is 9.07 Å². The average molecular weight is 563 g/mol. The molecule has 1 atom stereocenters. The Kier molecular flexibility index (Phi) is 8.04. The summed E-state index contributed by atoms with van der Waals surface area (Å²) in [6, 6.07) is 23.2. The number of fused-ring (bicyclic) bond motifs is 1. The van der Waals surface area contributed by atoms with Crippen molar-refractivity contribution >= 4 is 41.0 Å². The third kappa shape index (κ3) is 5.87. The van der Waals surface area contributed by atoms with E-state index in [1.807, 2.05) is 56.3 Å². The lowest BCUT2D eigenvalue weighted by Gasteiger charge is -2.23. The molecule has 0 bridgehead atoms. The molecular formula is C30H28ClFN4O2S. The van der Waals surface area contributed by atoms with Crippen LogP contribution in [0.5, 0.6) is 0 Å². The van der Waals surface area contributed by atoms with Crippen LogP contribution in [0.15, 0.2) is 78.9 Å². The second-order valence-corrected chi connectivity index (χ2v) is 11.3. The summed E-state index contributed by atoms with van der Waals surface area (Å²) in [5.41, 5.74) is 3.81. The molecule has 2 amide bonds. The van der Waals surface area contributed by atoms with Crippen molar-refractivity contribution in [2.45, 2.75) is 19.1 Å². The van der Waals surface area contributed by atoms with Crippen LogP contribution in [-0.2, 0) is 9.59 Å². The van der Waals surface area contributed by atoms with E-state index in [1.165, 1.54) is 28.8 Å². The predicted molar refractivity (Wildman–Crippen MR) is 155 cm³/mol. The topological polar surface area (TPSA) is 67.2 Å². The summed E-state index contributed by atoms with van der Waals surface area (Å²) in [6.07, 6.45) is 0. The SMILES string of the molecule is CC(C)CNC(=O)CN1C(=O)CSC(c2ccc(F)cc2)c2c(-c3ccccc3)nn(-c3cccc(Cl)c3)c21. The number of hydrogen-bond acceptors (Lipinski definition) is 4. The van der Waals surface area contributed by atoms with Crippen LogP contribution >= 0.6 is 23.4 Å². The number of carbonyl (C=O) groups excluding carboxylic acids is 2.